The molecule has 2 aromatic heterocycles. The van der Waals surface area contributed by atoms with E-state index in [2.05, 4.69) is 10.1 Å². The van der Waals surface area contributed by atoms with Crippen molar-refractivity contribution >= 4 is 23.2 Å². The smallest absolute Gasteiger partial charge is 0.326 e. The van der Waals surface area contributed by atoms with Crippen molar-refractivity contribution in [1.29, 1.82) is 0 Å². The van der Waals surface area contributed by atoms with Crippen LogP contribution in [0.15, 0.2) is 4.79 Å². The molecule has 0 aromatic carbocycles. The molecule has 2 heterocycles. The minimum absolute atomic E-state index is 0.289. The van der Waals surface area contributed by atoms with Gasteiger partial charge in [-0.1, -0.05) is 0 Å². The lowest BCUT2D eigenvalue weighted by Crippen LogP contribution is -2.40. The van der Waals surface area contributed by atoms with Gasteiger partial charge in [-0.25, -0.2) is 14.5 Å². The number of aryl methyl sites for hydroxylation is 3. The molecule has 0 bridgehead atoms. The number of carboxylic acid groups (broad SMARTS) is 1. The molecule has 0 spiro atoms. The maximum Gasteiger partial charge on any atom is 0.326 e. The zero-order valence-corrected chi connectivity index (χ0v) is 15.8. The van der Waals surface area contributed by atoms with Crippen LogP contribution in [0.1, 0.15) is 33.5 Å². The fraction of sp³-hybridized carbons (Fsp3) is 0.438. The molecule has 0 aliphatic carbocycles. The van der Waals surface area contributed by atoms with Crippen LogP contribution < -0.4 is 5.56 Å². The topological polar surface area (TPSA) is 105 Å². The van der Waals surface area contributed by atoms with Gasteiger partial charge in [-0.3, -0.25) is 9.59 Å². The minimum atomic E-state index is -1.09. The first-order valence-corrected chi connectivity index (χ1v) is 8.40. The number of rotatable bonds is 4. The summed E-state index contributed by atoms with van der Waals surface area (Å²) in [5.41, 5.74) is 2.00. The molecule has 0 saturated heterocycles. The van der Waals surface area contributed by atoms with Crippen LogP contribution in [0, 0.1) is 20.8 Å². The van der Waals surface area contributed by atoms with Gasteiger partial charge in [-0.2, -0.15) is 5.10 Å². The predicted molar refractivity (Wildman–Crippen MR) is 94.0 cm³/mol. The summed E-state index contributed by atoms with van der Waals surface area (Å²) in [5, 5.41) is 13.6. The molecule has 2 aromatic rings. The van der Waals surface area contributed by atoms with E-state index in [-0.39, 0.29) is 5.56 Å². The van der Waals surface area contributed by atoms with Crippen molar-refractivity contribution in [2.24, 2.45) is 7.05 Å². The van der Waals surface area contributed by atoms with Crippen molar-refractivity contribution in [3.05, 3.63) is 32.2 Å². The van der Waals surface area contributed by atoms with E-state index in [4.69, 9.17) is 5.11 Å². The van der Waals surface area contributed by atoms with Crippen LogP contribution >= 0.6 is 11.3 Å². The van der Waals surface area contributed by atoms with Crippen LogP contribution in [0.4, 0.5) is 0 Å². The lowest BCUT2D eigenvalue weighted by Gasteiger charge is -2.20. The Hall–Kier alpha value is -2.55. The monoisotopic (exact) mass is 364 g/mol. The van der Waals surface area contributed by atoms with Crippen LogP contribution in [0.3, 0.4) is 0 Å². The summed E-state index contributed by atoms with van der Waals surface area (Å²) < 4.78 is 1.24. The molecule has 2 rings (SSSR count). The number of aromatic nitrogens is 3. The number of likely N-dealkylation sites (N-methyl/N-ethyl adjacent to an activating group) is 1. The van der Waals surface area contributed by atoms with Gasteiger partial charge in [-0.05, 0) is 33.3 Å². The standard InChI is InChI=1S/C16H20N4O4S/c1-7-8(2)18-20(6)14(21)11(7)13-17-9(3)12(25-13)15(22)19(5)10(4)16(23)24/h10H,1-6H3,(H,23,24). The van der Waals surface area contributed by atoms with Gasteiger partial charge in [-0.15, -0.1) is 11.3 Å². The van der Waals surface area contributed by atoms with E-state index in [1.54, 1.807) is 27.8 Å². The SMILES string of the molecule is Cc1nc(-c2c(C)c(C)nn(C)c2=O)sc1C(=O)N(C)C(C)C(=O)O. The highest BCUT2D eigenvalue weighted by atomic mass is 32.1. The lowest BCUT2D eigenvalue weighted by molar-refractivity contribution is -0.141. The van der Waals surface area contributed by atoms with Gasteiger partial charge in [0.15, 0.2) is 0 Å². The van der Waals surface area contributed by atoms with E-state index in [1.807, 2.05) is 0 Å². The third kappa shape index (κ3) is 3.32. The Labute approximate surface area is 148 Å². The highest BCUT2D eigenvalue weighted by Crippen LogP contribution is 2.29. The Kier molecular flexibility index (Phi) is 5.07. The second-order valence-corrected chi connectivity index (χ2v) is 6.88. The second-order valence-electron chi connectivity index (χ2n) is 5.88. The number of hydrogen-bond donors (Lipinski definition) is 1. The van der Waals surface area contributed by atoms with Crippen molar-refractivity contribution in [2.75, 3.05) is 7.05 Å². The number of thiazole rings is 1. The second kappa shape index (κ2) is 6.75. The quantitative estimate of drug-likeness (QED) is 0.878. The molecule has 1 N–H and O–H groups in total. The summed E-state index contributed by atoms with van der Waals surface area (Å²) in [5.74, 6) is -1.52. The first-order valence-electron chi connectivity index (χ1n) is 7.58. The van der Waals surface area contributed by atoms with E-state index >= 15 is 0 Å². The van der Waals surface area contributed by atoms with E-state index < -0.39 is 17.9 Å². The molecule has 1 unspecified atom stereocenters. The fourth-order valence-corrected chi connectivity index (χ4v) is 3.45. The van der Waals surface area contributed by atoms with E-state index in [9.17, 15) is 14.4 Å². The molecule has 25 heavy (non-hydrogen) atoms. The summed E-state index contributed by atoms with van der Waals surface area (Å²) in [6.07, 6.45) is 0. The average Bonchev–Trinajstić information content (AvgIpc) is 2.92. The number of hydrogen-bond acceptors (Lipinski definition) is 6. The molecule has 9 heteroatoms. The van der Waals surface area contributed by atoms with Crippen molar-refractivity contribution in [3.63, 3.8) is 0 Å². The van der Waals surface area contributed by atoms with Crippen molar-refractivity contribution in [1.82, 2.24) is 19.7 Å². The highest BCUT2D eigenvalue weighted by Gasteiger charge is 2.27. The number of amides is 1. The van der Waals surface area contributed by atoms with Crippen LogP contribution in [-0.4, -0.2) is 49.7 Å². The van der Waals surface area contributed by atoms with Crippen molar-refractivity contribution < 1.29 is 14.7 Å². The van der Waals surface area contributed by atoms with Crippen LogP contribution in [-0.2, 0) is 11.8 Å². The minimum Gasteiger partial charge on any atom is -0.480 e. The summed E-state index contributed by atoms with van der Waals surface area (Å²) in [6, 6.07) is -0.963. The molecule has 8 nitrogen and oxygen atoms in total. The number of carbonyl (C=O) groups excluding carboxylic acids is 1. The Balaban J connectivity index is 2.54. The van der Waals surface area contributed by atoms with Gasteiger partial charge in [0.2, 0.25) is 0 Å². The van der Waals surface area contributed by atoms with Gasteiger partial charge in [0.25, 0.3) is 11.5 Å². The first kappa shape index (κ1) is 18.8. The lowest BCUT2D eigenvalue weighted by atomic mass is 10.1. The Bertz CT molecular complexity index is 916. The fourth-order valence-electron chi connectivity index (χ4n) is 2.30. The van der Waals surface area contributed by atoms with Crippen molar-refractivity contribution in [2.45, 2.75) is 33.7 Å². The highest BCUT2D eigenvalue weighted by molar-refractivity contribution is 7.17. The Morgan fingerprint density at radius 3 is 2.40 bits per heavy atom. The molecule has 0 saturated carbocycles. The summed E-state index contributed by atoms with van der Waals surface area (Å²) in [6.45, 7) is 6.69. The van der Waals surface area contributed by atoms with Crippen LogP contribution in [0.5, 0.6) is 0 Å². The number of nitrogens with zero attached hydrogens (tertiary/aromatic N) is 4. The molecule has 1 amide bonds. The van der Waals surface area contributed by atoms with Gasteiger partial charge < -0.3 is 10.0 Å². The van der Waals surface area contributed by atoms with E-state index in [0.29, 0.717) is 32.4 Å². The maximum atomic E-state index is 12.6. The number of carbonyl (C=O) groups is 2. The molecule has 0 aliphatic heterocycles. The van der Waals surface area contributed by atoms with Crippen LogP contribution in [0.25, 0.3) is 10.6 Å². The van der Waals surface area contributed by atoms with Crippen molar-refractivity contribution in [3.8, 4) is 10.6 Å². The first-order chi connectivity index (χ1) is 11.6. The third-order valence-corrected chi connectivity index (χ3v) is 5.35. The Morgan fingerprint density at radius 2 is 1.84 bits per heavy atom. The molecule has 0 radical (unpaired) electrons. The number of carboxylic acids is 1. The molecular formula is C16H20N4O4S. The van der Waals surface area contributed by atoms with Crippen LogP contribution in [0.2, 0.25) is 0 Å². The average molecular weight is 364 g/mol. The van der Waals surface area contributed by atoms with E-state index in [0.717, 1.165) is 16.2 Å². The van der Waals surface area contributed by atoms with Gasteiger partial charge in [0.05, 0.1) is 17.0 Å². The summed E-state index contributed by atoms with van der Waals surface area (Å²) in [4.78, 5) is 42.0. The van der Waals surface area contributed by atoms with Gasteiger partial charge in [0.1, 0.15) is 15.9 Å². The molecule has 134 valence electrons. The third-order valence-electron chi connectivity index (χ3n) is 4.19. The number of aliphatic carboxylic acids is 1. The summed E-state index contributed by atoms with van der Waals surface area (Å²) in [7, 11) is 2.99. The zero-order chi connectivity index (χ0) is 19.0. The van der Waals surface area contributed by atoms with Gasteiger partial charge >= 0.3 is 5.97 Å². The maximum absolute atomic E-state index is 12.6. The zero-order valence-electron chi connectivity index (χ0n) is 14.9. The predicted octanol–water partition coefficient (Wildman–Crippen LogP) is 1.37. The normalized spacial score (nSPS) is 12.1. The van der Waals surface area contributed by atoms with E-state index in [1.165, 1.54) is 18.7 Å². The largest absolute Gasteiger partial charge is 0.480 e. The molecular weight excluding hydrogens is 344 g/mol. The Morgan fingerprint density at radius 1 is 1.24 bits per heavy atom. The summed E-state index contributed by atoms with van der Waals surface area (Å²) >= 11 is 1.09. The molecule has 1 atom stereocenters. The molecule has 0 fully saturated rings. The van der Waals surface area contributed by atoms with Gasteiger partial charge in [0, 0.05) is 14.1 Å². The molecule has 0 aliphatic rings.